The highest BCUT2D eigenvalue weighted by Gasteiger charge is 2.54. The average Bonchev–Trinajstić information content (AvgIpc) is 3.37. The molecule has 2 bridgehead atoms. The number of rotatable bonds is 2. The number of para-hydroxylation sites is 2. The first-order valence-corrected chi connectivity index (χ1v) is 15.7. The predicted molar refractivity (Wildman–Crippen MR) is 179 cm³/mol. The van der Waals surface area contributed by atoms with Gasteiger partial charge in [-0.05, 0) is 51.9 Å². The van der Waals surface area contributed by atoms with Crippen LogP contribution in [0.25, 0.3) is 38.6 Å². The lowest BCUT2D eigenvalue weighted by Gasteiger charge is -2.45. The number of pyridine rings is 1. The Morgan fingerprint density at radius 3 is 2.44 bits per heavy atom. The Bertz CT molecular complexity index is 2590. The number of anilines is 2. The molecule has 0 radical (unpaired) electrons. The molecule has 7 aromatic rings. The number of aromatic nitrogens is 3. The van der Waals surface area contributed by atoms with E-state index in [0.717, 1.165) is 28.7 Å². The van der Waals surface area contributed by atoms with Crippen LogP contribution in [-0.4, -0.2) is 19.4 Å². The van der Waals surface area contributed by atoms with Crippen LogP contribution in [0.1, 0.15) is 17.5 Å². The van der Waals surface area contributed by atoms with E-state index in [1.54, 1.807) is 22.9 Å². The van der Waals surface area contributed by atoms with Gasteiger partial charge in [0.25, 0.3) is 5.56 Å². The maximum atomic E-state index is 14.1. The van der Waals surface area contributed by atoms with Gasteiger partial charge < -0.3 is 0 Å². The molecular formula is C39H22N4OS. The first kappa shape index (κ1) is 24.8. The molecule has 0 fully saturated rings. The van der Waals surface area contributed by atoms with E-state index in [1.807, 2.05) is 42.1 Å². The van der Waals surface area contributed by atoms with E-state index in [-0.39, 0.29) is 5.56 Å². The highest BCUT2D eigenvalue weighted by molar-refractivity contribution is 8.01. The van der Waals surface area contributed by atoms with Gasteiger partial charge in [-0.2, -0.15) is 0 Å². The van der Waals surface area contributed by atoms with Crippen molar-refractivity contribution in [1.29, 1.82) is 0 Å². The Hall–Kier alpha value is -5.64. The maximum Gasteiger partial charge on any atom is 0.266 e. The number of nitrogens with zero attached hydrogens (tertiary/aromatic N) is 4. The standard InChI is InChI=1S/C39H22N4OS/c44-37-31-23-40-38(41-36(31)29-18-7-9-19-32(29)42(37)24-12-2-1-3-13-24)43-33-20-10-6-17-28(33)35-27-16-5-4-14-25(27)30-22-39(35,43)45-34-21-11-8-15-26(30)34/h2,4-21,23H,22H2. The summed E-state index contributed by atoms with van der Waals surface area (Å²) < 4.78 is 1.72. The predicted octanol–water partition coefficient (Wildman–Crippen LogP) is 6.29. The summed E-state index contributed by atoms with van der Waals surface area (Å²) in [5.41, 5.74) is 8.18. The Balaban J connectivity index is 1.29. The van der Waals surface area contributed by atoms with Gasteiger partial charge in [-0.15, -0.1) is 0 Å². The molecule has 1 atom stereocenters. The van der Waals surface area contributed by atoms with Crippen molar-refractivity contribution >= 4 is 56.3 Å². The number of hydrogen-bond acceptors (Lipinski definition) is 5. The second-order valence-corrected chi connectivity index (χ2v) is 12.9. The normalized spacial score (nSPS) is 17.5. The van der Waals surface area contributed by atoms with Gasteiger partial charge in [-0.1, -0.05) is 103 Å². The zero-order valence-corrected chi connectivity index (χ0v) is 24.7. The molecule has 0 amide bonds. The van der Waals surface area contributed by atoms with Crippen molar-refractivity contribution in [3.05, 3.63) is 166 Å². The summed E-state index contributed by atoms with van der Waals surface area (Å²) >= 11 is 1.88. The van der Waals surface area contributed by atoms with Crippen molar-refractivity contribution in [1.82, 2.24) is 14.5 Å². The van der Waals surface area contributed by atoms with Crippen molar-refractivity contribution in [2.24, 2.45) is 0 Å². The molecule has 0 saturated carbocycles. The summed E-state index contributed by atoms with van der Waals surface area (Å²) in [5, 5.41) is 3.90. The summed E-state index contributed by atoms with van der Waals surface area (Å²) in [5.74, 6) is 0.584. The third kappa shape index (κ3) is 3.23. The van der Waals surface area contributed by atoms with E-state index in [2.05, 4.69) is 89.8 Å². The molecule has 4 heterocycles. The van der Waals surface area contributed by atoms with Crippen molar-refractivity contribution in [3.8, 4) is 5.69 Å². The van der Waals surface area contributed by atoms with E-state index >= 15 is 0 Å². The summed E-state index contributed by atoms with van der Waals surface area (Å²) in [6.45, 7) is 0. The molecule has 5 aromatic carbocycles. The topological polar surface area (TPSA) is 51.0 Å². The van der Waals surface area contributed by atoms with Gasteiger partial charge in [0.2, 0.25) is 5.95 Å². The van der Waals surface area contributed by atoms with E-state index in [0.29, 0.717) is 16.9 Å². The highest BCUT2D eigenvalue weighted by Crippen LogP contribution is 2.62. The number of benzene rings is 4. The summed E-state index contributed by atoms with van der Waals surface area (Å²) in [7, 11) is 0. The van der Waals surface area contributed by atoms with Crippen molar-refractivity contribution in [3.63, 3.8) is 0 Å². The summed E-state index contributed by atoms with van der Waals surface area (Å²) in [6.07, 6.45) is 2.52. The lowest BCUT2D eigenvalue weighted by atomic mass is 9.84. The molecule has 1 spiro atoms. The Kier molecular flexibility index (Phi) is 4.92. The fraction of sp³-hybridized carbons (Fsp3) is 0.0513. The Labute approximate surface area is 262 Å². The van der Waals surface area contributed by atoms with E-state index in [1.165, 1.54) is 37.6 Å². The van der Waals surface area contributed by atoms with Gasteiger partial charge in [0.05, 0.1) is 27.8 Å². The minimum Gasteiger partial charge on any atom is -0.290 e. The van der Waals surface area contributed by atoms with E-state index in [9.17, 15) is 4.79 Å². The number of thioether (sulfide) groups is 1. The molecule has 2 aromatic heterocycles. The molecular weight excluding hydrogens is 573 g/mol. The molecule has 45 heavy (non-hydrogen) atoms. The lowest BCUT2D eigenvalue weighted by Crippen LogP contribution is -2.51. The van der Waals surface area contributed by atoms with Crippen LogP contribution in [-0.2, 0) is 0 Å². The second kappa shape index (κ2) is 8.95. The minimum atomic E-state index is -0.490. The molecule has 10 rings (SSSR count). The SMILES string of the molecule is O=c1c2cnc(N3c4ccccc4C4=c5ccccc5=C5CC43Sc3ccccc35)nc2c2ccccc2n1-c1cc#ccc1. The van der Waals surface area contributed by atoms with Crippen LogP contribution in [0.2, 0.25) is 0 Å². The van der Waals surface area contributed by atoms with Gasteiger partial charge in [-0.3, -0.25) is 14.3 Å². The first-order chi connectivity index (χ1) is 22.2. The highest BCUT2D eigenvalue weighted by atomic mass is 32.2. The van der Waals surface area contributed by atoms with Crippen LogP contribution in [0.4, 0.5) is 11.6 Å². The molecule has 5 nitrogen and oxygen atoms in total. The smallest absolute Gasteiger partial charge is 0.266 e. The second-order valence-electron chi connectivity index (χ2n) is 11.6. The van der Waals surface area contributed by atoms with Crippen LogP contribution in [0, 0.1) is 12.1 Å². The van der Waals surface area contributed by atoms with Gasteiger partial charge in [-0.25, -0.2) is 9.97 Å². The Morgan fingerprint density at radius 2 is 1.56 bits per heavy atom. The minimum absolute atomic E-state index is 0.162. The third-order valence-corrected chi connectivity index (χ3v) is 10.7. The molecule has 6 heteroatoms. The summed E-state index contributed by atoms with van der Waals surface area (Å²) in [4.78, 5) is 27.4. The molecule has 0 saturated heterocycles. The zero-order chi connectivity index (χ0) is 29.7. The zero-order valence-electron chi connectivity index (χ0n) is 23.9. The van der Waals surface area contributed by atoms with Crippen LogP contribution >= 0.6 is 11.8 Å². The number of fused-ring (bicyclic) bond motifs is 9. The van der Waals surface area contributed by atoms with Crippen LogP contribution in [0.15, 0.2) is 131 Å². The molecule has 210 valence electrons. The average molecular weight is 595 g/mol. The molecule has 3 aliphatic rings. The molecule has 2 aliphatic heterocycles. The maximum absolute atomic E-state index is 14.1. The molecule has 1 unspecified atom stereocenters. The van der Waals surface area contributed by atoms with E-state index < -0.39 is 4.87 Å². The van der Waals surface area contributed by atoms with Gasteiger partial charge in [0.15, 0.2) is 0 Å². The van der Waals surface area contributed by atoms with Crippen LogP contribution in [0.3, 0.4) is 0 Å². The Morgan fingerprint density at radius 1 is 0.778 bits per heavy atom. The summed E-state index contributed by atoms with van der Waals surface area (Å²) in [6, 6.07) is 45.4. The molecule has 1 aliphatic carbocycles. The largest absolute Gasteiger partial charge is 0.290 e. The van der Waals surface area contributed by atoms with Gasteiger partial charge in [0, 0.05) is 40.1 Å². The van der Waals surface area contributed by atoms with Gasteiger partial charge in [0.1, 0.15) is 4.87 Å². The molecule has 0 N–H and O–H groups in total. The van der Waals surface area contributed by atoms with Crippen molar-refractivity contribution < 1.29 is 0 Å². The van der Waals surface area contributed by atoms with Crippen molar-refractivity contribution in [2.45, 2.75) is 16.2 Å². The fourth-order valence-corrected chi connectivity index (χ4v) is 9.14. The van der Waals surface area contributed by atoms with Crippen LogP contribution < -0.4 is 20.9 Å². The monoisotopic (exact) mass is 594 g/mol. The van der Waals surface area contributed by atoms with E-state index in [4.69, 9.17) is 9.97 Å². The first-order valence-electron chi connectivity index (χ1n) is 14.9. The lowest BCUT2D eigenvalue weighted by molar-refractivity contribution is 0.740. The van der Waals surface area contributed by atoms with Crippen molar-refractivity contribution in [2.75, 3.05) is 4.90 Å². The van der Waals surface area contributed by atoms with Gasteiger partial charge >= 0.3 is 0 Å². The fourth-order valence-electron chi connectivity index (χ4n) is 7.52. The van der Waals surface area contributed by atoms with Crippen LogP contribution in [0.5, 0.6) is 0 Å². The number of hydrogen-bond donors (Lipinski definition) is 0. The third-order valence-electron chi connectivity index (χ3n) is 9.30. The quantitative estimate of drug-likeness (QED) is 0.220.